The molecule has 1 amide bonds. The first-order chi connectivity index (χ1) is 14.3. The van der Waals surface area contributed by atoms with E-state index in [0.29, 0.717) is 13.1 Å². The summed E-state index contributed by atoms with van der Waals surface area (Å²) in [5.74, 6) is -0.745. The van der Waals surface area contributed by atoms with Crippen molar-refractivity contribution in [2.45, 2.75) is 6.54 Å². The highest BCUT2D eigenvalue weighted by atomic mass is 32.2. The lowest BCUT2D eigenvalue weighted by Crippen LogP contribution is -2.52. The molecule has 1 fully saturated rings. The molecule has 0 bridgehead atoms. The zero-order valence-corrected chi connectivity index (χ0v) is 18.1. The first kappa shape index (κ1) is 22.2. The molecule has 0 aromatic heterocycles. The van der Waals surface area contributed by atoms with Gasteiger partial charge in [-0.15, -0.1) is 0 Å². The number of hydrogen-bond acceptors (Lipinski definition) is 4. The summed E-state index contributed by atoms with van der Waals surface area (Å²) >= 11 is 0. The SMILES string of the molecule is CN(C)S(=O)(=O)N(CC(=O)N1CCN(Cc2ccccc2)CC1)c1ccc(F)cc1. The second kappa shape index (κ2) is 9.55. The van der Waals surface area contributed by atoms with E-state index in [1.54, 1.807) is 4.90 Å². The van der Waals surface area contributed by atoms with Crippen molar-refractivity contribution >= 4 is 21.8 Å². The van der Waals surface area contributed by atoms with Gasteiger partial charge in [-0.2, -0.15) is 12.7 Å². The molecule has 0 atom stereocenters. The van der Waals surface area contributed by atoms with E-state index >= 15 is 0 Å². The summed E-state index contributed by atoms with van der Waals surface area (Å²) in [5.41, 5.74) is 1.47. The number of piperazine rings is 1. The Kier molecular flexibility index (Phi) is 7.06. The zero-order chi connectivity index (χ0) is 21.7. The number of rotatable bonds is 7. The average molecular weight is 435 g/mol. The fourth-order valence-electron chi connectivity index (χ4n) is 3.33. The summed E-state index contributed by atoms with van der Waals surface area (Å²) in [5, 5.41) is 0. The molecule has 1 aliphatic rings. The summed E-state index contributed by atoms with van der Waals surface area (Å²) in [6.07, 6.45) is 0. The number of nitrogens with zero attached hydrogens (tertiary/aromatic N) is 4. The van der Waals surface area contributed by atoms with Gasteiger partial charge < -0.3 is 4.90 Å². The van der Waals surface area contributed by atoms with E-state index < -0.39 is 16.0 Å². The van der Waals surface area contributed by atoms with Crippen LogP contribution < -0.4 is 4.31 Å². The van der Waals surface area contributed by atoms with Crippen molar-refractivity contribution < 1.29 is 17.6 Å². The summed E-state index contributed by atoms with van der Waals surface area (Å²) in [6.45, 7) is 3.00. The molecule has 1 saturated heterocycles. The summed E-state index contributed by atoms with van der Waals surface area (Å²) < 4.78 is 40.9. The zero-order valence-electron chi connectivity index (χ0n) is 17.2. The van der Waals surface area contributed by atoms with Crippen molar-refractivity contribution in [1.29, 1.82) is 0 Å². The van der Waals surface area contributed by atoms with Crippen molar-refractivity contribution in [2.75, 3.05) is 51.1 Å². The van der Waals surface area contributed by atoms with Crippen molar-refractivity contribution in [3.05, 3.63) is 66.0 Å². The molecule has 0 spiro atoms. The van der Waals surface area contributed by atoms with E-state index in [9.17, 15) is 17.6 Å². The van der Waals surface area contributed by atoms with Crippen LogP contribution in [0.1, 0.15) is 5.56 Å². The van der Waals surface area contributed by atoms with Gasteiger partial charge in [-0.1, -0.05) is 30.3 Å². The maximum Gasteiger partial charge on any atom is 0.304 e. The molecule has 7 nitrogen and oxygen atoms in total. The van der Waals surface area contributed by atoms with Crippen LogP contribution in [0.25, 0.3) is 0 Å². The standard InChI is InChI=1S/C21H27FN4O3S/c1-23(2)30(28,29)26(20-10-8-19(22)9-11-20)17-21(27)25-14-12-24(13-15-25)16-18-6-4-3-5-7-18/h3-11H,12-17H2,1-2H3. The van der Waals surface area contributed by atoms with Crippen LogP contribution in [0.4, 0.5) is 10.1 Å². The Morgan fingerprint density at radius 3 is 2.13 bits per heavy atom. The molecule has 2 aromatic rings. The minimum Gasteiger partial charge on any atom is -0.339 e. The first-order valence-corrected chi connectivity index (χ1v) is 11.2. The maximum absolute atomic E-state index is 13.3. The fourth-order valence-corrected chi connectivity index (χ4v) is 4.39. The fraction of sp³-hybridized carbons (Fsp3) is 0.381. The summed E-state index contributed by atoms with van der Waals surface area (Å²) in [7, 11) is -1.10. The summed E-state index contributed by atoms with van der Waals surface area (Å²) in [4.78, 5) is 16.8. The van der Waals surface area contributed by atoms with Gasteiger partial charge in [0.2, 0.25) is 5.91 Å². The number of hydrogen-bond donors (Lipinski definition) is 0. The lowest BCUT2D eigenvalue weighted by Gasteiger charge is -2.36. The lowest BCUT2D eigenvalue weighted by molar-refractivity contribution is -0.131. The van der Waals surface area contributed by atoms with Gasteiger partial charge >= 0.3 is 10.2 Å². The number of carbonyl (C=O) groups is 1. The van der Waals surface area contributed by atoms with Crippen LogP contribution >= 0.6 is 0 Å². The average Bonchev–Trinajstić information content (AvgIpc) is 2.73. The van der Waals surface area contributed by atoms with Crippen molar-refractivity contribution in [2.24, 2.45) is 0 Å². The summed E-state index contributed by atoms with van der Waals surface area (Å²) in [6, 6.07) is 15.2. The van der Waals surface area contributed by atoms with Gasteiger partial charge in [-0.3, -0.25) is 9.69 Å². The minimum absolute atomic E-state index is 0.251. The molecule has 30 heavy (non-hydrogen) atoms. The second-order valence-corrected chi connectivity index (χ2v) is 9.48. The van der Waals surface area contributed by atoms with E-state index in [0.717, 1.165) is 28.2 Å². The van der Waals surface area contributed by atoms with Gasteiger partial charge in [0.1, 0.15) is 12.4 Å². The third-order valence-corrected chi connectivity index (χ3v) is 6.93. The maximum atomic E-state index is 13.3. The molecule has 0 aliphatic carbocycles. The Morgan fingerprint density at radius 1 is 0.967 bits per heavy atom. The van der Waals surface area contributed by atoms with Crippen LogP contribution in [0, 0.1) is 5.82 Å². The third kappa shape index (κ3) is 5.35. The topological polar surface area (TPSA) is 64.2 Å². The molecule has 0 N–H and O–H groups in total. The van der Waals surface area contributed by atoms with E-state index in [1.165, 1.54) is 43.9 Å². The number of anilines is 1. The Bertz CT molecular complexity index is 944. The van der Waals surface area contributed by atoms with Gasteiger partial charge in [-0.05, 0) is 29.8 Å². The van der Waals surface area contributed by atoms with Crippen LogP contribution in [-0.4, -0.2) is 75.2 Å². The van der Waals surface area contributed by atoms with Crippen LogP contribution in [0.5, 0.6) is 0 Å². The van der Waals surface area contributed by atoms with Crippen molar-refractivity contribution in [3.8, 4) is 0 Å². The quantitative estimate of drug-likeness (QED) is 0.667. The third-order valence-electron chi connectivity index (χ3n) is 5.11. The smallest absolute Gasteiger partial charge is 0.304 e. The molecular formula is C21H27FN4O3S. The number of halogens is 1. The largest absolute Gasteiger partial charge is 0.339 e. The van der Waals surface area contributed by atoms with E-state index in [2.05, 4.69) is 17.0 Å². The van der Waals surface area contributed by atoms with Gasteiger partial charge in [0, 0.05) is 46.8 Å². The molecule has 162 valence electrons. The molecule has 2 aromatic carbocycles. The Labute approximate surface area is 177 Å². The normalized spacial score (nSPS) is 15.4. The van der Waals surface area contributed by atoms with Gasteiger partial charge in [0.15, 0.2) is 0 Å². The first-order valence-electron chi connectivity index (χ1n) is 9.77. The van der Waals surface area contributed by atoms with E-state index in [-0.39, 0.29) is 18.1 Å². The predicted molar refractivity (Wildman–Crippen MR) is 115 cm³/mol. The van der Waals surface area contributed by atoms with Crippen molar-refractivity contribution in [3.63, 3.8) is 0 Å². The van der Waals surface area contributed by atoms with Gasteiger partial charge in [0.25, 0.3) is 0 Å². The number of benzene rings is 2. The van der Waals surface area contributed by atoms with E-state index in [1.807, 2.05) is 18.2 Å². The van der Waals surface area contributed by atoms with Crippen LogP contribution in [0.2, 0.25) is 0 Å². The Balaban J connectivity index is 1.65. The molecule has 9 heteroatoms. The molecule has 0 saturated carbocycles. The molecule has 0 radical (unpaired) electrons. The van der Waals surface area contributed by atoms with Crippen LogP contribution in [0.3, 0.4) is 0 Å². The predicted octanol–water partition coefficient (Wildman–Crippen LogP) is 1.78. The molecular weight excluding hydrogens is 407 g/mol. The highest BCUT2D eigenvalue weighted by molar-refractivity contribution is 7.90. The molecule has 0 unspecified atom stereocenters. The molecule has 1 heterocycles. The van der Waals surface area contributed by atoms with Crippen LogP contribution in [0.15, 0.2) is 54.6 Å². The number of amides is 1. The molecule has 1 aliphatic heterocycles. The Hall–Kier alpha value is -2.49. The highest BCUT2D eigenvalue weighted by Crippen LogP contribution is 2.20. The lowest BCUT2D eigenvalue weighted by atomic mass is 10.2. The van der Waals surface area contributed by atoms with Crippen LogP contribution in [-0.2, 0) is 21.5 Å². The number of carbonyl (C=O) groups excluding carboxylic acids is 1. The second-order valence-electron chi connectivity index (χ2n) is 7.42. The van der Waals surface area contributed by atoms with E-state index in [4.69, 9.17) is 0 Å². The minimum atomic E-state index is -3.90. The van der Waals surface area contributed by atoms with Crippen molar-refractivity contribution in [1.82, 2.24) is 14.1 Å². The Morgan fingerprint density at radius 2 is 1.57 bits per heavy atom. The monoisotopic (exact) mass is 434 g/mol. The van der Waals surface area contributed by atoms with Gasteiger partial charge in [-0.25, -0.2) is 8.70 Å². The highest BCUT2D eigenvalue weighted by Gasteiger charge is 2.30. The molecule has 3 rings (SSSR count). The van der Waals surface area contributed by atoms with Gasteiger partial charge in [0.05, 0.1) is 5.69 Å².